The average molecular weight is 204 g/mol. The normalized spacial score (nSPS) is 15.7. The lowest BCUT2D eigenvalue weighted by Gasteiger charge is -2.10. The molecule has 0 atom stereocenters. The van der Waals surface area contributed by atoms with E-state index in [9.17, 15) is 4.79 Å². The fraction of sp³-hybridized carbons (Fsp3) is 0.462. The molecule has 0 saturated carbocycles. The van der Waals surface area contributed by atoms with Crippen LogP contribution < -0.4 is 4.74 Å². The van der Waals surface area contributed by atoms with Gasteiger partial charge in [0.1, 0.15) is 5.75 Å². The number of hydrogen-bond acceptors (Lipinski definition) is 2. The largest absolute Gasteiger partial charge is 0.497 e. The van der Waals surface area contributed by atoms with Crippen LogP contribution in [0.15, 0.2) is 12.1 Å². The van der Waals surface area contributed by atoms with Crippen molar-refractivity contribution in [2.24, 2.45) is 0 Å². The molecule has 80 valence electrons. The SMILES string of the molecule is COc1cc(C)c2c(c1)C(=O)CCCC2. The summed E-state index contributed by atoms with van der Waals surface area (Å²) >= 11 is 0. The number of benzene rings is 1. The number of fused-ring (bicyclic) bond motifs is 1. The highest BCUT2D eigenvalue weighted by molar-refractivity contribution is 5.98. The molecule has 1 aliphatic carbocycles. The zero-order chi connectivity index (χ0) is 10.8. The quantitative estimate of drug-likeness (QED) is 0.657. The van der Waals surface area contributed by atoms with Gasteiger partial charge in [-0.2, -0.15) is 0 Å². The zero-order valence-electron chi connectivity index (χ0n) is 9.30. The number of ketones is 1. The lowest BCUT2D eigenvalue weighted by molar-refractivity contribution is 0.0981. The van der Waals surface area contributed by atoms with Crippen LogP contribution in [0.2, 0.25) is 0 Å². The highest BCUT2D eigenvalue weighted by Gasteiger charge is 2.18. The molecule has 1 aromatic rings. The van der Waals surface area contributed by atoms with Gasteiger partial charge in [0.05, 0.1) is 7.11 Å². The summed E-state index contributed by atoms with van der Waals surface area (Å²) in [5.74, 6) is 1.06. The van der Waals surface area contributed by atoms with Crippen LogP contribution in [0.4, 0.5) is 0 Å². The van der Waals surface area contributed by atoms with Crippen LogP contribution >= 0.6 is 0 Å². The highest BCUT2D eigenvalue weighted by atomic mass is 16.5. The fourth-order valence-electron chi connectivity index (χ4n) is 2.20. The molecule has 0 aliphatic heterocycles. The lowest BCUT2D eigenvalue weighted by atomic mass is 9.97. The number of ether oxygens (including phenoxy) is 1. The standard InChI is InChI=1S/C13H16O2/c1-9-7-10(15-2)8-12-11(9)5-3-4-6-13(12)14/h7-8H,3-6H2,1-2H3. The maximum atomic E-state index is 11.9. The Balaban J connectivity index is 2.55. The average Bonchev–Trinajstić information content (AvgIpc) is 2.41. The molecule has 0 amide bonds. The van der Waals surface area contributed by atoms with Crippen molar-refractivity contribution in [1.29, 1.82) is 0 Å². The Kier molecular flexibility index (Phi) is 2.76. The van der Waals surface area contributed by atoms with E-state index in [0.29, 0.717) is 6.42 Å². The third-order valence-electron chi connectivity index (χ3n) is 3.06. The number of carbonyl (C=O) groups is 1. The molecule has 1 aliphatic rings. The number of Topliss-reactive ketones (excluding diaryl/α,β-unsaturated/α-hetero) is 1. The lowest BCUT2D eigenvalue weighted by Crippen LogP contribution is -2.03. The summed E-state index contributed by atoms with van der Waals surface area (Å²) in [6.07, 6.45) is 3.83. The van der Waals surface area contributed by atoms with Crippen molar-refractivity contribution in [3.63, 3.8) is 0 Å². The summed E-state index contributed by atoms with van der Waals surface area (Å²) in [5, 5.41) is 0. The Labute approximate surface area is 90.3 Å². The number of aryl methyl sites for hydroxylation is 1. The number of carbonyl (C=O) groups excluding carboxylic acids is 1. The highest BCUT2D eigenvalue weighted by Crippen LogP contribution is 2.27. The van der Waals surface area contributed by atoms with Crippen LogP contribution in [-0.4, -0.2) is 12.9 Å². The molecular formula is C13H16O2. The van der Waals surface area contributed by atoms with Gasteiger partial charge in [0.25, 0.3) is 0 Å². The van der Waals surface area contributed by atoms with E-state index < -0.39 is 0 Å². The van der Waals surface area contributed by atoms with Crippen LogP contribution in [0.5, 0.6) is 5.75 Å². The molecular weight excluding hydrogens is 188 g/mol. The maximum absolute atomic E-state index is 11.9. The Hall–Kier alpha value is -1.31. The molecule has 15 heavy (non-hydrogen) atoms. The molecule has 0 bridgehead atoms. The van der Waals surface area contributed by atoms with Gasteiger partial charge in [-0.1, -0.05) is 0 Å². The van der Waals surface area contributed by atoms with Crippen LogP contribution in [0.3, 0.4) is 0 Å². The summed E-state index contributed by atoms with van der Waals surface area (Å²) in [4.78, 5) is 11.9. The maximum Gasteiger partial charge on any atom is 0.163 e. The number of hydrogen-bond donors (Lipinski definition) is 0. The van der Waals surface area contributed by atoms with E-state index in [2.05, 4.69) is 6.92 Å². The molecule has 2 nitrogen and oxygen atoms in total. The molecule has 0 saturated heterocycles. The van der Waals surface area contributed by atoms with Gasteiger partial charge in [0.2, 0.25) is 0 Å². The number of methoxy groups -OCH3 is 1. The van der Waals surface area contributed by atoms with Gasteiger partial charge in [-0.25, -0.2) is 0 Å². The summed E-state index contributed by atoms with van der Waals surface area (Å²) in [5.41, 5.74) is 3.28. The molecule has 0 unspecified atom stereocenters. The van der Waals surface area contributed by atoms with Gasteiger partial charge in [-0.15, -0.1) is 0 Å². The summed E-state index contributed by atoms with van der Waals surface area (Å²) < 4.78 is 5.20. The molecule has 0 N–H and O–H groups in total. The van der Waals surface area contributed by atoms with Gasteiger partial charge in [0, 0.05) is 12.0 Å². The van der Waals surface area contributed by atoms with E-state index in [0.717, 1.165) is 30.6 Å². The molecule has 0 spiro atoms. The van der Waals surface area contributed by atoms with E-state index in [1.165, 1.54) is 11.1 Å². The topological polar surface area (TPSA) is 26.3 Å². The first-order valence-electron chi connectivity index (χ1n) is 5.43. The van der Waals surface area contributed by atoms with Crippen LogP contribution in [0.25, 0.3) is 0 Å². The van der Waals surface area contributed by atoms with Gasteiger partial charge in [-0.3, -0.25) is 4.79 Å². The van der Waals surface area contributed by atoms with Crippen LogP contribution in [0.1, 0.15) is 40.7 Å². The van der Waals surface area contributed by atoms with E-state index in [1.54, 1.807) is 7.11 Å². The van der Waals surface area contributed by atoms with Crippen molar-refractivity contribution in [2.45, 2.75) is 32.6 Å². The van der Waals surface area contributed by atoms with Crippen molar-refractivity contribution in [3.8, 4) is 5.75 Å². The Morgan fingerprint density at radius 3 is 2.67 bits per heavy atom. The van der Waals surface area contributed by atoms with Gasteiger partial charge in [-0.05, 0) is 49.4 Å². The summed E-state index contributed by atoms with van der Waals surface area (Å²) in [7, 11) is 1.64. The van der Waals surface area contributed by atoms with E-state index in [-0.39, 0.29) is 5.78 Å². The zero-order valence-corrected chi connectivity index (χ0v) is 9.30. The Morgan fingerprint density at radius 2 is 1.93 bits per heavy atom. The summed E-state index contributed by atoms with van der Waals surface area (Å²) in [6, 6.07) is 3.90. The van der Waals surface area contributed by atoms with Crippen molar-refractivity contribution < 1.29 is 9.53 Å². The minimum Gasteiger partial charge on any atom is -0.497 e. The third kappa shape index (κ3) is 1.89. The molecule has 0 radical (unpaired) electrons. The van der Waals surface area contributed by atoms with E-state index in [1.807, 2.05) is 12.1 Å². The third-order valence-corrected chi connectivity index (χ3v) is 3.06. The first kappa shape index (κ1) is 10.2. The Morgan fingerprint density at radius 1 is 1.20 bits per heavy atom. The predicted octanol–water partition coefficient (Wildman–Crippen LogP) is 2.91. The monoisotopic (exact) mass is 204 g/mol. The number of rotatable bonds is 1. The predicted molar refractivity (Wildman–Crippen MR) is 59.6 cm³/mol. The Bertz CT molecular complexity index is 394. The second-order valence-corrected chi connectivity index (χ2v) is 4.10. The van der Waals surface area contributed by atoms with E-state index in [4.69, 9.17) is 4.74 Å². The molecule has 1 aromatic carbocycles. The minimum atomic E-state index is 0.268. The molecule has 2 heteroatoms. The van der Waals surface area contributed by atoms with Crippen LogP contribution in [0, 0.1) is 6.92 Å². The van der Waals surface area contributed by atoms with Gasteiger partial charge < -0.3 is 4.74 Å². The smallest absolute Gasteiger partial charge is 0.163 e. The van der Waals surface area contributed by atoms with Crippen LogP contribution in [-0.2, 0) is 6.42 Å². The van der Waals surface area contributed by atoms with Crippen molar-refractivity contribution >= 4 is 5.78 Å². The second-order valence-electron chi connectivity index (χ2n) is 4.10. The first-order chi connectivity index (χ1) is 7.22. The summed E-state index contributed by atoms with van der Waals surface area (Å²) in [6.45, 7) is 2.06. The first-order valence-corrected chi connectivity index (χ1v) is 5.43. The molecule has 2 rings (SSSR count). The van der Waals surface area contributed by atoms with E-state index >= 15 is 0 Å². The second kappa shape index (κ2) is 4.05. The van der Waals surface area contributed by atoms with Gasteiger partial charge in [0.15, 0.2) is 5.78 Å². The molecule has 0 heterocycles. The molecule has 0 aromatic heterocycles. The fourth-order valence-corrected chi connectivity index (χ4v) is 2.20. The van der Waals surface area contributed by atoms with Crippen molar-refractivity contribution in [3.05, 3.63) is 28.8 Å². The van der Waals surface area contributed by atoms with Crippen molar-refractivity contribution in [2.75, 3.05) is 7.11 Å². The molecule has 0 fully saturated rings. The minimum absolute atomic E-state index is 0.268. The van der Waals surface area contributed by atoms with Gasteiger partial charge >= 0.3 is 0 Å². The van der Waals surface area contributed by atoms with Crippen molar-refractivity contribution in [1.82, 2.24) is 0 Å².